The molecular weight excluding hydrogens is 420 g/mol. The summed E-state index contributed by atoms with van der Waals surface area (Å²) in [5.41, 5.74) is 4.82. The van der Waals surface area contributed by atoms with E-state index < -0.39 is 5.79 Å². The zero-order valence-electron chi connectivity index (χ0n) is 17.6. The Morgan fingerprint density at radius 3 is 2.16 bits per heavy atom. The van der Waals surface area contributed by atoms with Crippen molar-refractivity contribution in [1.29, 1.82) is 0 Å². The topological polar surface area (TPSA) is 29.5 Å². The minimum Gasteiger partial charge on any atom is -0.362 e. The lowest BCUT2D eigenvalue weighted by atomic mass is 9.99. The molecule has 0 radical (unpaired) electrons. The smallest absolute Gasteiger partial charge is 0.189 e. The van der Waals surface area contributed by atoms with Crippen LogP contribution in [0.5, 0.6) is 0 Å². The molecule has 0 aliphatic carbocycles. The molecule has 0 fully saturated rings. The van der Waals surface area contributed by atoms with Gasteiger partial charge in [0, 0.05) is 17.1 Å². The van der Waals surface area contributed by atoms with Crippen LogP contribution < -0.4 is 0 Å². The molecule has 8 bridgehead atoms. The molecule has 1 unspecified atom stereocenters. The number of benzene rings is 4. The fourth-order valence-corrected chi connectivity index (χ4v) is 6.47. The first kappa shape index (κ1) is 20.9. The average molecular weight is 447 g/mol. The molecule has 158 valence electrons. The second-order valence-corrected chi connectivity index (χ2v) is 10.7. The molecule has 1 N–H and O–H groups in total. The van der Waals surface area contributed by atoms with Crippen LogP contribution in [0.4, 0.5) is 0 Å². The number of aryl methyl sites for hydroxylation is 1. The van der Waals surface area contributed by atoms with Crippen molar-refractivity contribution in [1.82, 2.24) is 0 Å². The maximum atomic E-state index is 11.0. The van der Waals surface area contributed by atoms with Gasteiger partial charge in [-0.3, -0.25) is 0 Å². The molecule has 0 saturated carbocycles. The van der Waals surface area contributed by atoms with E-state index in [1.54, 1.807) is 6.92 Å². The molecular formula is C27H26O2S2. The van der Waals surface area contributed by atoms with Gasteiger partial charge in [0.25, 0.3) is 0 Å². The number of rotatable bonds is 0. The van der Waals surface area contributed by atoms with Crippen LogP contribution in [0.2, 0.25) is 0 Å². The van der Waals surface area contributed by atoms with Crippen LogP contribution in [0.3, 0.4) is 0 Å². The summed E-state index contributed by atoms with van der Waals surface area (Å²) >= 11 is 0. The van der Waals surface area contributed by atoms with Gasteiger partial charge in [0.15, 0.2) is 5.79 Å². The van der Waals surface area contributed by atoms with Crippen molar-refractivity contribution in [3.8, 4) is 0 Å². The van der Waals surface area contributed by atoms with E-state index in [2.05, 4.69) is 66.7 Å². The van der Waals surface area contributed by atoms with E-state index in [-0.39, 0.29) is 0 Å². The zero-order valence-corrected chi connectivity index (χ0v) is 19.3. The van der Waals surface area contributed by atoms with Crippen molar-refractivity contribution < 1.29 is 9.84 Å². The molecule has 0 amide bonds. The maximum Gasteiger partial charge on any atom is 0.189 e. The summed E-state index contributed by atoms with van der Waals surface area (Å²) in [7, 11) is 3.81. The van der Waals surface area contributed by atoms with E-state index >= 15 is 0 Å². The lowest BCUT2D eigenvalue weighted by Crippen LogP contribution is -2.26. The van der Waals surface area contributed by atoms with Gasteiger partial charge in [0.05, 0.1) is 6.61 Å². The largest absolute Gasteiger partial charge is 0.362 e. The molecule has 8 rings (SSSR count). The number of hydrogen-bond acceptors (Lipinski definition) is 4. The van der Waals surface area contributed by atoms with Gasteiger partial charge >= 0.3 is 0 Å². The van der Waals surface area contributed by atoms with Gasteiger partial charge in [-0.2, -0.15) is 0 Å². The molecule has 0 spiro atoms. The Bertz CT molecular complexity index is 1230. The van der Waals surface area contributed by atoms with Crippen molar-refractivity contribution in [2.75, 3.05) is 6.61 Å². The highest BCUT2D eigenvalue weighted by Gasteiger charge is 2.24. The lowest BCUT2D eigenvalue weighted by molar-refractivity contribution is -0.199. The first-order valence-corrected chi connectivity index (χ1v) is 13.2. The Morgan fingerprint density at radius 2 is 1.45 bits per heavy atom. The molecule has 31 heavy (non-hydrogen) atoms. The summed E-state index contributed by atoms with van der Waals surface area (Å²) in [6, 6.07) is 26.0. The Morgan fingerprint density at radius 1 is 0.806 bits per heavy atom. The van der Waals surface area contributed by atoms with Crippen LogP contribution in [-0.2, 0) is 28.5 Å². The van der Waals surface area contributed by atoms with E-state index in [0.717, 1.165) is 35.3 Å². The molecule has 4 heteroatoms. The Labute approximate surface area is 191 Å². The first-order valence-electron chi connectivity index (χ1n) is 10.7. The Balaban J connectivity index is 1.50. The van der Waals surface area contributed by atoms with Crippen molar-refractivity contribution in [3.63, 3.8) is 0 Å². The molecule has 4 aromatic rings. The predicted molar refractivity (Wildman–Crippen MR) is 134 cm³/mol. The highest BCUT2D eigenvalue weighted by Crippen LogP contribution is 2.35. The van der Waals surface area contributed by atoms with Crippen LogP contribution in [0.25, 0.3) is 21.5 Å². The van der Waals surface area contributed by atoms with Crippen LogP contribution in [-0.4, -0.2) is 11.7 Å². The van der Waals surface area contributed by atoms with Gasteiger partial charge in [-0.25, -0.2) is 0 Å². The highest BCUT2D eigenvalue weighted by molar-refractivity contribution is 8.76. The maximum absolute atomic E-state index is 11.0. The Hall–Kier alpha value is -1.98. The molecule has 4 aliphatic heterocycles. The monoisotopic (exact) mass is 446 g/mol. The van der Waals surface area contributed by atoms with E-state index in [4.69, 9.17) is 4.74 Å². The molecule has 4 heterocycles. The van der Waals surface area contributed by atoms with E-state index in [0.29, 0.717) is 6.61 Å². The molecule has 2 nitrogen and oxygen atoms in total. The summed E-state index contributed by atoms with van der Waals surface area (Å²) < 4.78 is 5.93. The summed E-state index contributed by atoms with van der Waals surface area (Å²) in [5.74, 6) is 0.645. The van der Waals surface area contributed by atoms with Gasteiger partial charge in [-0.15, -0.1) is 0 Å². The summed E-state index contributed by atoms with van der Waals surface area (Å²) in [5, 5.41) is 16.0. The molecule has 1 atom stereocenters. The fourth-order valence-electron chi connectivity index (χ4n) is 4.29. The summed E-state index contributed by atoms with van der Waals surface area (Å²) in [6.07, 6.45) is 1.80. The Kier molecular flexibility index (Phi) is 5.98. The number of hydrogen-bond donors (Lipinski definition) is 1. The summed E-state index contributed by atoms with van der Waals surface area (Å²) in [4.78, 5) is 0. The molecule has 0 aromatic heterocycles. The van der Waals surface area contributed by atoms with E-state index in [1.165, 1.54) is 32.8 Å². The van der Waals surface area contributed by atoms with E-state index in [9.17, 15) is 5.11 Å². The normalized spacial score (nSPS) is 20.3. The lowest BCUT2D eigenvalue weighted by Gasteiger charge is -2.25. The standard InChI is InChI=1S/C27H26O2S2/c1-27(28)24-11-13-26-21(16-24)7-3-9-23(26)18-31-30-17-22-8-2-6-20-15-19(5-4-14-29-27)10-12-25(20)22/h2-3,6-13,15-16,28H,4-5,14,17-18H2,1H3. The van der Waals surface area contributed by atoms with Gasteiger partial charge in [-0.05, 0) is 64.1 Å². The minimum atomic E-state index is -1.30. The highest BCUT2D eigenvalue weighted by atomic mass is 33.1. The van der Waals surface area contributed by atoms with Crippen molar-refractivity contribution in [3.05, 3.63) is 95.1 Å². The first-order chi connectivity index (χ1) is 15.1. The zero-order chi connectivity index (χ0) is 21.3. The van der Waals surface area contributed by atoms with Crippen LogP contribution in [0.15, 0.2) is 72.8 Å². The number of aliphatic hydroxyl groups is 1. The quantitative estimate of drug-likeness (QED) is 0.289. The van der Waals surface area contributed by atoms with Crippen molar-refractivity contribution >= 4 is 43.1 Å². The van der Waals surface area contributed by atoms with E-state index in [1.807, 2.05) is 27.7 Å². The SMILES string of the molecule is CC1(O)OCCCc2ccc3c(cccc3c2)CSSCc2cccc3cc1ccc23. The third-order valence-electron chi connectivity index (χ3n) is 6.05. The second-order valence-electron chi connectivity index (χ2n) is 8.28. The molecule has 4 aliphatic rings. The van der Waals surface area contributed by atoms with Crippen LogP contribution >= 0.6 is 21.6 Å². The minimum absolute atomic E-state index is 0.510. The van der Waals surface area contributed by atoms with Crippen molar-refractivity contribution in [2.45, 2.75) is 37.1 Å². The van der Waals surface area contributed by atoms with Crippen LogP contribution in [0.1, 0.15) is 35.6 Å². The van der Waals surface area contributed by atoms with Crippen molar-refractivity contribution in [2.24, 2.45) is 0 Å². The van der Waals surface area contributed by atoms with Gasteiger partial charge in [-0.1, -0.05) is 88.3 Å². The third-order valence-corrected chi connectivity index (χ3v) is 8.28. The van der Waals surface area contributed by atoms with Gasteiger partial charge < -0.3 is 9.84 Å². The predicted octanol–water partition coefficient (Wildman–Crippen LogP) is 7.20. The van der Waals surface area contributed by atoms with Gasteiger partial charge in [0.1, 0.15) is 0 Å². The molecule has 4 aromatic carbocycles. The number of ether oxygens (including phenoxy) is 1. The summed E-state index contributed by atoms with van der Waals surface area (Å²) in [6.45, 7) is 2.25. The van der Waals surface area contributed by atoms with Crippen LogP contribution in [0, 0.1) is 0 Å². The van der Waals surface area contributed by atoms with Gasteiger partial charge in [0.2, 0.25) is 0 Å². The average Bonchev–Trinajstić information content (AvgIpc) is 2.78. The molecule has 0 saturated heterocycles. The second kappa shape index (κ2) is 8.87. The fraction of sp³-hybridized carbons (Fsp3) is 0.259. The third kappa shape index (κ3) is 4.49.